The van der Waals surface area contributed by atoms with Gasteiger partial charge < -0.3 is 0 Å². The van der Waals surface area contributed by atoms with Crippen molar-refractivity contribution in [2.45, 2.75) is 167 Å². The molecule has 210 valence electrons. The number of hydrogen-bond donors (Lipinski definition) is 0. The van der Waals surface area contributed by atoms with E-state index in [2.05, 4.69) is 92.4 Å². The van der Waals surface area contributed by atoms with Crippen molar-refractivity contribution in [1.29, 1.82) is 0 Å². The molecule has 36 heavy (non-hydrogen) atoms. The van der Waals surface area contributed by atoms with Gasteiger partial charge in [0.1, 0.15) is 0 Å². The molecule has 2 saturated heterocycles. The molecule has 2 heterocycles. The van der Waals surface area contributed by atoms with Gasteiger partial charge >= 0.3 is 0 Å². The van der Waals surface area contributed by atoms with Crippen LogP contribution in [0.4, 0.5) is 0 Å². The minimum Gasteiger partial charge on any atom is -0.296 e. The van der Waals surface area contributed by atoms with Gasteiger partial charge in [0.25, 0.3) is 0 Å². The van der Waals surface area contributed by atoms with E-state index in [0.717, 1.165) is 11.8 Å². The molecule has 0 bridgehead atoms. The third-order valence-corrected chi connectivity index (χ3v) is 10.3. The summed E-state index contributed by atoms with van der Waals surface area (Å²) in [4.78, 5) is 5.18. The third kappa shape index (κ3) is 9.00. The Balaban J connectivity index is 1.54. The Labute approximate surface area is 227 Å². The van der Waals surface area contributed by atoms with Gasteiger partial charge in [0.15, 0.2) is 0 Å². The highest BCUT2D eigenvalue weighted by Gasteiger charge is 2.43. The van der Waals surface area contributed by atoms with Gasteiger partial charge in [-0.05, 0) is 146 Å². The van der Waals surface area contributed by atoms with Crippen molar-refractivity contribution >= 4 is 0 Å². The largest absolute Gasteiger partial charge is 0.296 e. The van der Waals surface area contributed by atoms with Gasteiger partial charge in [-0.1, -0.05) is 50.0 Å². The van der Waals surface area contributed by atoms with E-state index >= 15 is 0 Å². The third-order valence-electron chi connectivity index (χ3n) is 10.3. The summed E-state index contributed by atoms with van der Waals surface area (Å²) in [5.74, 6) is 1.58. The Hall–Kier alpha value is -0.600. The van der Waals surface area contributed by atoms with Crippen molar-refractivity contribution < 1.29 is 0 Å². The topological polar surface area (TPSA) is 6.48 Å². The number of hydrogen-bond acceptors (Lipinski definition) is 2. The zero-order chi connectivity index (χ0) is 27.4. The van der Waals surface area contributed by atoms with Gasteiger partial charge in [0.2, 0.25) is 0 Å². The van der Waals surface area contributed by atoms with Crippen LogP contribution in [0.2, 0.25) is 0 Å². The minimum absolute atomic E-state index is 0.290. The van der Waals surface area contributed by atoms with Gasteiger partial charge in [-0.15, -0.1) is 0 Å². The number of rotatable bonds is 13. The molecular formula is C34H64N2. The van der Waals surface area contributed by atoms with E-state index in [1.165, 1.54) is 101 Å². The van der Waals surface area contributed by atoms with Crippen molar-refractivity contribution in [3.8, 4) is 0 Å². The summed E-state index contributed by atoms with van der Waals surface area (Å²) in [5, 5.41) is 0. The first kappa shape index (κ1) is 31.6. The van der Waals surface area contributed by atoms with Crippen LogP contribution in [-0.2, 0) is 0 Å². The lowest BCUT2D eigenvalue weighted by atomic mass is 9.72. The molecule has 0 aromatic rings. The second-order valence-electron chi connectivity index (χ2n) is 15.4. The molecule has 0 spiro atoms. The van der Waals surface area contributed by atoms with Crippen LogP contribution in [-0.4, -0.2) is 46.1 Å². The van der Waals surface area contributed by atoms with Crippen LogP contribution in [0.1, 0.15) is 145 Å². The van der Waals surface area contributed by atoms with E-state index in [4.69, 9.17) is 0 Å². The number of unbranched alkanes of at least 4 members (excludes halogenated alkanes) is 5. The van der Waals surface area contributed by atoms with E-state index in [1.807, 2.05) is 0 Å². The highest BCUT2D eigenvalue weighted by Crippen LogP contribution is 2.43. The lowest BCUT2D eigenvalue weighted by Crippen LogP contribution is -2.58. The molecule has 0 amide bonds. The van der Waals surface area contributed by atoms with Crippen LogP contribution in [0.3, 0.4) is 0 Å². The maximum Gasteiger partial charge on any atom is 0.0158 e. The Morgan fingerprint density at radius 3 is 1.06 bits per heavy atom. The number of allylic oxidation sites excluding steroid dienone is 2. The summed E-state index contributed by atoms with van der Waals surface area (Å²) in [6.45, 7) is 28.2. The van der Waals surface area contributed by atoms with Crippen LogP contribution in [0.5, 0.6) is 0 Å². The molecule has 0 N–H and O–H groups in total. The molecule has 2 aliphatic rings. The maximum absolute atomic E-state index is 4.47. The SMILES string of the molecule is C=C(CCCCCCCCC(=C)CC1CC(C)(C)N(C)C(C)(C)C1)CC1CC(C)(C)N(C)C(C)(C)C1. The van der Waals surface area contributed by atoms with E-state index in [-0.39, 0.29) is 22.2 Å². The first-order valence-electron chi connectivity index (χ1n) is 15.3. The Bertz CT molecular complexity index is 627. The van der Waals surface area contributed by atoms with Gasteiger partial charge in [0.05, 0.1) is 0 Å². The van der Waals surface area contributed by atoms with E-state index in [1.54, 1.807) is 0 Å². The van der Waals surface area contributed by atoms with Gasteiger partial charge in [-0.25, -0.2) is 0 Å². The van der Waals surface area contributed by atoms with Crippen molar-refractivity contribution in [1.82, 2.24) is 9.80 Å². The van der Waals surface area contributed by atoms with Crippen LogP contribution < -0.4 is 0 Å². The molecule has 2 aliphatic heterocycles. The molecule has 0 aliphatic carbocycles. The Morgan fingerprint density at radius 2 is 0.778 bits per heavy atom. The van der Waals surface area contributed by atoms with Crippen molar-refractivity contribution in [3.05, 3.63) is 24.3 Å². The summed E-state index contributed by atoms with van der Waals surface area (Å²) in [5.41, 5.74) is 4.15. The van der Waals surface area contributed by atoms with Crippen LogP contribution in [0, 0.1) is 11.8 Å². The summed E-state index contributed by atoms with van der Waals surface area (Å²) in [6.07, 6.45) is 18.2. The summed E-state index contributed by atoms with van der Waals surface area (Å²) in [7, 11) is 4.61. The predicted molar refractivity (Wildman–Crippen MR) is 162 cm³/mol. The van der Waals surface area contributed by atoms with Crippen molar-refractivity contribution in [3.63, 3.8) is 0 Å². The van der Waals surface area contributed by atoms with Crippen LogP contribution in [0.25, 0.3) is 0 Å². The first-order valence-corrected chi connectivity index (χ1v) is 15.3. The lowest BCUT2D eigenvalue weighted by molar-refractivity contribution is -0.0300. The monoisotopic (exact) mass is 501 g/mol. The van der Waals surface area contributed by atoms with E-state index < -0.39 is 0 Å². The molecule has 2 rings (SSSR count). The molecule has 0 saturated carbocycles. The van der Waals surface area contributed by atoms with E-state index in [0.29, 0.717) is 0 Å². The summed E-state index contributed by atoms with van der Waals surface area (Å²) >= 11 is 0. The van der Waals surface area contributed by atoms with Gasteiger partial charge in [-0.2, -0.15) is 0 Å². The van der Waals surface area contributed by atoms with Gasteiger partial charge in [0, 0.05) is 22.2 Å². The number of piperidine rings is 2. The fraction of sp³-hybridized carbons (Fsp3) is 0.882. The fourth-order valence-electron chi connectivity index (χ4n) is 7.92. The molecule has 0 aromatic carbocycles. The zero-order valence-corrected chi connectivity index (χ0v) is 26.4. The molecule has 2 fully saturated rings. The van der Waals surface area contributed by atoms with Crippen molar-refractivity contribution in [2.75, 3.05) is 14.1 Å². The fourth-order valence-corrected chi connectivity index (χ4v) is 7.92. The summed E-state index contributed by atoms with van der Waals surface area (Å²) < 4.78 is 0. The first-order chi connectivity index (χ1) is 16.5. The Morgan fingerprint density at radius 1 is 0.528 bits per heavy atom. The van der Waals surface area contributed by atoms with Crippen LogP contribution >= 0.6 is 0 Å². The smallest absolute Gasteiger partial charge is 0.0158 e. The normalized spacial score (nSPS) is 24.6. The highest BCUT2D eigenvalue weighted by atomic mass is 15.2. The molecule has 2 heteroatoms. The highest BCUT2D eigenvalue weighted by molar-refractivity contribution is 5.05. The van der Waals surface area contributed by atoms with Crippen molar-refractivity contribution in [2.24, 2.45) is 11.8 Å². The Kier molecular flexibility index (Phi) is 11.0. The van der Waals surface area contributed by atoms with Crippen LogP contribution in [0.15, 0.2) is 24.3 Å². The predicted octanol–water partition coefficient (Wildman–Crippen LogP) is 9.80. The average molecular weight is 501 g/mol. The molecule has 0 unspecified atom stereocenters. The maximum atomic E-state index is 4.47. The molecular weight excluding hydrogens is 436 g/mol. The second-order valence-corrected chi connectivity index (χ2v) is 15.4. The second kappa shape index (κ2) is 12.5. The molecule has 0 aromatic heterocycles. The summed E-state index contributed by atoms with van der Waals surface area (Å²) in [6, 6.07) is 0. The molecule has 0 atom stereocenters. The molecule has 0 radical (unpaired) electrons. The minimum atomic E-state index is 0.290. The lowest BCUT2D eigenvalue weighted by Gasteiger charge is -2.54. The zero-order valence-electron chi connectivity index (χ0n) is 26.4. The van der Waals surface area contributed by atoms with E-state index in [9.17, 15) is 0 Å². The number of likely N-dealkylation sites (tertiary alicyclic amines) is 2. The van der Waals surface area contributed by atoms with Gasteiger partial charge in [-0.3, -0.25) is 9.80 Å². The standard InChI is InChI=1S/C34H64N2/c1-27(21-29-23-31(3,4)35(11)32(5,6)24-29)19-17-15-13-14-16-18-20-28(2)22-30-25-33(7,8)36(12)34(9,10)26-30/h29-30H,1-2,13-26H2,3-12H3. The molecule has 2 nitrogen and oxygen atoms in total. The quantitative estimate of drug-likeness (QED) is 0.183. The number of nitrogens with zero attached hydrogens (tertiary/aromatic N) is 2. The average Bonchev–Trinajstić information content (AvgIpc) is 2.71.